The molecule has 0 aliphatic rings. The molecular formula is C11H8BrN3O4. The molecule has 0 aliphatic carbocycles. The van der Waals surface area contributed by atoms with Crippen molar-refractivity contribution in [1.29, 1.82) is 0 Å². The van der Waals surface area contributed by atoms with Crippen molar-refractivity contribution in [2.24, 2.45) is 0 Å². The second kappa shape index (κ2) is 5.11. The lowest BCUT2D eigenvalue weighted by molar-refractivity contribution is 0.0696. The van der Waals surface area contributed by atoms with Gasteiger partial charge >= 0.3 is 11.7 Å². The molecule has 0 aliphatic heterocycles. The monoisotopic (exact) mass is 325 g/mol. The summed E-state index contributed by atoms with van der Waals surface area (Å²) in [6.45, 7) is 0. The van der Waals surface area contributed by atoms with Crippen molar-refractivity contribution in [1.82, 2.24) is 9.97 Å². The smallest absolute Gasteiger partial charge is 0.335 e. The minimum atomic E-state index is -1.10. The number of imidazole rings is 1. The van der Waals surface area contributed by atoms with Crippen molar-refractivity contribution < 1.29 is 14.7 Å². The zero-order chi connectivity index (χ0) is 14.0. The highest BCUT2D eigenvalue weighted by atomic mass is 79.9. The van der Waals surface area contributed by atoms with E-state index in [1.807, 2.05) is 0 Å². The van der Waals surface area contributed by atoms with Gasteiger partial charge < -0.3 is 20.4 Å². The largest absolute Gasteiger partial charge is 0.478 e. The summed E-state index contributed by atoms with van der Waals surface area (Å²) in [7, 11) is 0. The van der Waals surface area contributed by atoms with Gasteiger partial charge in [0.2, 0.25) is 0 Å². The Hall–Kier alpha value is -2.35. The summed E-state index contributed by atoms with van der Waals surface area (Å²) < 4.78 is 0.531. The number of anilines is 1. The number of nitrogens with one attached hydrogen (secondary N) is 3. The number of hydrogen-bond acceptors (Lipinski definition) is 3. The molecule has 8 heteroatoms. The Morgan fingerprint density at radius 3 is 2.63 bits per heavy atom. The number of carbonyl (C=O) groups excluding carboxylic acids is 1. The molecule has 0 atom stereocenters. The van der Waals surface area contributed by atoms with Crippen molar-refractivity contribution in [3.8, 4) is 0 Å². The zero-order valence-corrected chi connectivity index (χ0v) is 10.9. The fraction of sp³-hybridized carbons (Fsp3) is 0. The minimum absolute atomic E-state index is 0.0427. The SMILES string of the molecule is O=C(O)c1ccc(Br)c(NC(=O)c2c[nH]c(=O)[nH]2)c1. The Labute approximate surface area is 114 Å². The molecular weight excluding hydrogens is 318 g/mol. The van der Waals surface area contributed by atoms with Crippen LogP contribution in [0.4, 0.5) is 5.69 Å². The summed E-state index contributed by atoms with van der Waals surface area (Å²) >= 11 is 3.20. The van der Waals surface area contributed by atoms with E-state index in [1.165, 1.54) is 24.4 Å². The first kappa shape index (κ1) is 13.1. The Morgan fingerprint density at radius 1 is 1.32 bits per heavy atom. The Balaban J connectivity index is 2.28. The van der Waals surface area contributed by atoms with Crippen LogP contribution in [0.1, 0.15) is 20.8 Å². The highest BCUT2D eigenvalue weighted by molar-refractivity contribution is 9.10. The Morgan fingerprint density at radius 2 is 2.05 bits per heavy atom. The van der Waals surface area contributed by atoms with E-state index in [0.717, 1.165) is 0 Å². The number of aromatic amines is 2. The van der Waals surface area contributed by atoms with Crippen molar-refractivity contribution in [3.63, 3.8) is 0 Å². The topological polar surface area (TPSA) is 115 Å². The molecule has 2 aromatic rings. The fourth-order valence-corrected chi connectivity index (χ4v) is 1.74. The summed E-state index contributed by atoms with van der Waals surface area (Å²) in [5, 5.41) is 11.4. The maximum atomic E-state index is 11.8. The van der Waals surface area contributed by atoms with E-state index < -0.39 is 17.6 Å². The molecule has 0 unspecified atom stereocenters. The van der Waals surface area contributed by atoms with Gasteiger partial charge in [0.25, 0.3) is 5.91 Å². The first-order chi connectivity index (χ1) is 8.97. The molecule has 0 radical (unpaired) electrons. The average molecular weight is 326 g/mol. The normalized spacial score (nSPS) is 10.2. The van der Waals surface area contributed by atoms with Gasteiger partial charge in [-0.05, 0) is 34.1 Å². The van der Waals surface area contributed by atoms with Crippen LogP contribution in [0.25, 0.3) is 0 Å². The number of H-pyrrole nitrogens is 2. The molecule has 0 fully saturated rings. The van der Waals surface area contributed by atoms with Crippen LogP contribution in [0.15, 0.2) is 33.7 Å². The van der Waals surface area contributed by atoms with Gasteiger partial charge in [-0.25, -0.2) is 9.59 Å². The van der Waals surface area contributed by atoms with Gasteiger partial charge in [0.15, 0.2) is 0 Å². The molecule has 0 spiro atoms. The summed E-state index contributed by atoms with van der Waals surface area (Å²) in [5.41, 5.74) is -0.103. The van der Waals surface area contributed by atoms with E-state index in [9.17, 15) is 14.4 Å². The third kappa shape index (κ3) is 2.91. The van der Waals surface area contributed by atoms with Gasteiger partial charge in [0.05, 0.1) is 11.3 Å². The van der Waals surface area contributed by atoms with Gasteiger partial charge in [-0.3, -0.25) is 4.79 Å². The predicted octanol–water partition coefficient (Wildman–Crippen LogP) is 1.42. The summed E-state index contributed by atoms with van der Waals surface area (Å²) in [4.78, 5) is 38.1. The van der Waals surface area contributed by atoms with Crippen molar-refractivity contribution in [2.45, 2.75) is 0 Å². The number of hydrogen-bond donors (Lipinski definition) is 4. The molecule has 1 amide bonds. The van der Waals surface area contributed by atoms with Crippen LogP contribution in [-0.2, 0) is 0 Å². The predicted molar refractivity (Wildman–Crippen MR) is 70.5 cm³/mol. The van der Waals surface area contributed by atoms with Crippen LogP contribution < -0.4 is 11.0 Å². The number of rotatable bonds is 3. The number of carboxylic acid groups (broad SMARTS) is 1. The standard InChI is InChI=1S/C11H8BrN3O4/c12-6-2-1-5(10(17)18)3-7(6)14-9(16)8-4-13-11(19)15-8/h1-4H,(H,14,16)(H,17,18)(H2,13,15,19). The highest BCUT2D eigenvalue weighted by Gasteiger charge is 2.12. The van der Waals surface area contributed by atoms with Gasteiger partial charge in [0.1, 0.15) is 5.69 Å². The van der Waals surface area contributed by atoms with Crippen molar-refractivity contribution in [2.75, 3.05) is 5.32 Å². The number of aromatic carboxylic acids is 1. The van der Waals surface area contributed by atoms with E-state index in [2.05, 4.69) is 31.2 Å². The lowest BCUT2D eigenvalue weighted by atomic mass is 10.2. The third-order valence-electron chi connectivity index (χ3n) is 2.30. The van der Waals surface area contributed by atoms with Gasteiger partial charge in [-0.1, -0.05) is 0 Å². The quantitative estimate of drug-likeness (QED) is 0.683. The summed E-state index contributed by atoms with van der Waals surface area (Å²) in [6.07, 6.45) is 1.23. The van der Waals surface area contributed by atoms with E-state index in [-0.39, 0.29) is 11.3 Å². The molecule has 98 valence electrons. The van der Waals surface area contributed by atoms with Crippen molar-refractivity contribution >= 4 is 33.5 Å². The molecule has 2 rings (SSSR count). The zero-order valence-electron chi connectivity index (χ0n) is 9.36. The first-order valence-corrected chi connectivity index (χ1v) is 5.88. The number of aromatic nitrogens is 2. The first-order valence-electron chi connectivity index (χ1n) is 5.09. The molecule has 4 N–H and O–H groups in total. The van der Waals surface area contributed by atoms with Crippen LogP contribution in [-0.4, -0.2) is 27.0 Å². The fourth-order valence-electron chi connectivity index (χ4n) is 1.40. The second-order valence-corrected chi connectivity index (χ2v) is 4.46. The number of amides is 1. The third-order valence-corrected chi connectivity index (χ3v) is 2.99. The van der Waals surface area contributed by atoms with Gasteiger partial charge in [0, 0.05) is 10.7 Å². The van der Waals surface area contributed by atoms with Crippen LogP contribution in [0, 0.1) is 0 Å². The molecule has 1 heterocycles. The van der Waals surface area contributed by atoms with Gasteiger partial charge in [-0.15, -0.1) is 0 Å². The molecule has 7 nitrogen and oxygen atoms in total. The van der Waals surface area contributed by atoms with E-state index in [4.69, 9.17) is 5.11 Å². The lowest BCUT2D eigenvalue weighted by Crippen LogP contribution is -2.14. The van der Waals surface area contributed by atoms with Crippen LogP contribution in [0.5, 0.6) is 0 Å². The summed E-state index contributed by atoms with van der Waals surface area (Å²) in [6, 6.07) is 4.23. The Kier molecular flexibility index (Phi) is 3.52. The number of carbonyl (C=O) groups is 2. The maximum absolute atomic E-state index is 11.8. The van der Waals surface area contributed by atoms with Crippen molar-refractivity contribution in [3.05, 3.63) is 50.6 Å². The molecule has 0 saturated carbocycles. The number of halogens is 1. The molecule has 19 heavy (non-hydrogen) atoms. The lowest BCUT2D eigenvalue weighted by Gasteiger charge is -2.07. The second-order valence-electron chi connectivity index (χ2n) is 3.61. The maximum Gasteiger partial charge on any atom is 0.335 e. The van der Waals surface area contributed by atoms with Crippen LogP contribution in [0.3, 0.4) is 0 Å². The van der Waals surface area contributed by atoms with Crippen LogP contribution >= 0.6 is 15.9 Å². The molecule has 0 saturated heterocycles. The Bertz CT molecular complexity index is 704. The van der Waals surface area contributed by atoms with Crippen LogP contribution in [0.2, 0.25) is 0 Å². The highest BCUT2D eigenvalue weighted by Crippen LogP contribution is 2.24. The number of benzene rings is 1. The molecule has 1 aromatic carbocycles. The van der Waals surface area contributed by atoms with E-state index in [1.54, 1.807) is 0 Å². The van der Waals surface area contributed by atoms with E-state index >= 15 is 0 Å². The van der Waals surface area contributed by atoms with Gasteiger partial charge in [-0.2, -0.15) is 0 Å². The average Bonchev–Trinajstić information content (AvgIpc) is 2.78. The minimum Gasteiger partial charge on any atom is -0.478 e. The molecule has 0 bridgehead atoms. The molecule has 1 aromatic heterocycles. The van der Waals surface area contributed by atoms with E-state index in [0.29, 0.717) is 10.2 Å². The number of carboxylic acids is 1. The summed E-state index contributed by atoms with van der Waals surface area (Å²) in [5.74, 6) is -1.65.